The minimum Gasteiger partial charge on any atom is -0.314 e. The van der Waals surface area contributed by atoms with Crippen LogP contribution in [-0.4, -0.2) is 61.2 Å². The molecule has 19 heavy (non-hydrogen) atoms. The third-order valence-electron chi connectivity index (χ3n) is 4.94. The third-order valence-corrected chi connectivity index (χ3v) is 4.94. The molecule has 110 valence electrons. The lowest BCUT2D eigenvalue weighted by Gasteiger charge is -2.43. The van der Waals surface area contributed by atoms with Crippen molar-refractivity contribution in [1.29, 1.82) is 0 Å². The van der Waals surface area contributed by atoms with Gasteiger partial charge in [0, 0.05) is 38.3 Å². The van der Waals surface area contributed by atoms with E-state index in [4.69, 9.17) is 0 Å². The number of piperazine rings is 1. The molecule has 0 aromatic heterocycles. The zero-order valence-electron chi connectivity index (χ0n) is 13.0. The Labute approximate surface area is 119 Å². The Hall–Kier alpha value is -0.380. The van der Waals surface area contributed by atoms with Gasteiger partial charge in [-0.05, 0) is 53.1 Å². The smallest absolute Gasteiger partial charge is 0.0365 e. The Morgan fingerprint density at radius 1 is 1.11 bits per heavy atom. The summed E-state index contributed by atoms with van der Waals surface area (Å²) in [6, 6.07) is 0. The van der Waals surface area contributed by atoms with Crippen molar-refractivity contribution in [2.45, 2.75) is 45.6 Å². The second-order valence-corrected chi connectivity index (χ2v) is 6.41. The summed E-state index contributed by atoms with van der Waals surface area (Å²) in [4.78, 5) is 5.26. The van der Waals surface area contributed by atoms with Gasteiger partial charge in [-0.15, -0.1) is 0 Å². The van der Waals surface area contributed by atoms with Crippen molar-refractivity contribution in [3.63, 3.8) is 0 Å². The first kappa shape index (κ1) is 15.0. The fraction of sp³-hybridized carbons (Fsp3) is 0.875. The van der Waals surface area contributed by atoms with Crippen LogP contribution in [-0.2, 0) is 0 Å². The lowest BCUT2D eigenvalue weighted by atomic mass is 9.88. The van der Waals surface area contributed by atoms with E-state index in [-0.39, 0.29) is 5.54 Å². The van der Waals surface area contributed by atoms with Crippen molar-refractivity contribution in [3.05, 3.63) is 11.6 Å². The van der Waals surface area contributed by atoms with Crippen LogP contribution in [0.25, 0.3) is 0 Å². The fourth-order valence-electron chi connectivity index (χ4n) is 3.52. The summed E-state index contributed by atoms with van der Waals surface area (Å²) in [6.45, 7) is 15.5. The van der Waals surface area contributed by atoms with Crippen LogP contribution in [0.3, 0.4) is 0 Å². The summed E-state index contributed by atoms with van der Waals surface area (Å²) in [6.07, 6.45) is 6.38. The molecule has 2 aliphatic heterocycles. The standard InChI is InChI=1S/C16H31N3/c1-4-15(7-12-18-10-5-6-11-18)16(2,3)19-13-8-17-9-14-19/h4,17H,5-14H2,1-3H3. The molecule has 0 atom stereocenters. The number of hydrogen-bond donors (Lipinski definition) is 1. The molecule has 1 N–H and O–H groups in total. The second-order valence-electron chi connectivity index (χ2n) is 6.41. The summed E-state index contributed by atoms with van der Waals surface area (Å²) in [5, 5.41) is 3.45. The van der Waals surface area contributed by atoms with E-state index in [1.54, 1.807) is 5.57 Å². The Morgan fingerprint density at radius 2 is 1.74 bits per heavy atom. The SMILES string of the molecule is CC=C(CCN1CCCC1)C(C)(C)N1CCNCC1. The molecule has 2 rings (SSSR count). The topological polar surface area (TPSA) is 18.5 Å². The molecule has 0 spiro atoms. The van der Waals surface area contributed by atoms with Gasteiger partial charge in [-0.3, -0.25) is 4.90 Å². The number of allylic oxidation sites excluding steroid dienone is 1. The molecule has 2 saturated heterocycles. The first-order chi connectivity index (χ1) is 9.14. The molecule has 0 radical (unpaired) electrons. The van der Waals surface area contributed by atoms with Gasteiger partial charge in [0.15, 0.2) is 0 Å². The van der Waals surface area contributed by atoms with E-state index in [0.717, 1.165) is 13.1 Å². The van der Waals surface area contributed by atoms with Gasteiger partial charge in [0.05, 0.1) is 0 Å². The Balaban J connectivity index is 1.90. The zero-order chi connectivity index (χ0) is 13.7. The molecule has 0 amide bonds. The van der Waals surface area contributed by atoms with Crippen LogP contribution in [0, 0.1) is 0 Å². The van der Waals surface area contributed by atoms with E-state index in [2.05, 4.69) is 42.0 Å². The summed E-state index contributed by atoms with van der Waals surface area (Å²) in [5.74, 6) is 0. The number of hydrogen-bond acceptors (Lipinski definition) is 3. The number of nitrogens with one attached hydrogen (secondary N) is 1. The molecule has 3 nitrogen and oxygen atoms in total. The maximum absolute atomic E-state index is 3.45. The average molecular weight is 265 g/mol. The van der Waals surface area contributed by atoms with Crippen molar-refractivity contribution >= 4 is 0 Å². The van der Waals surface area contributed by atoms with Crippen LogP contribution in [0.4, 0.5) is 0 Å². The summed E-state index contributed by atoms with van der Waals surface area (Å²) in [5.41, 5.74) is 1.83. The van der Waals surface area contributed by atoms with Crippen LogP contribution in [0.2, 0.25) is 0 Å². The van der Waals surface area contributed by atoms with Gasteiger partial charge in [0.2, 0.25) is 0 Å². The lowest BCUT2D eigenvalue weighted by Crippen LogP contribution is -2.54. The van der Waals surface area contributed by atoms with Crippen molar-refractivity contribution in [1.82, 2.24) is 15.1 Å². The molecule has 2 aliphatic rings. The fourth-order valence-corrected chi connectivity index (χ4v) is 3.52. The van der Waals surface area contributed by atoms with Gasteiger partial charge in [-0.1, -0.05) is 11.6 Å². The Bertz CT molecular complexity index is 297. The van der Waals surface area contributed by atoms with Gasteiger partial charge in [0.1, 0.15) is 0 Å². The van der Waals surface area contributed by atoms with E-state index in [1.807, 2.05) is 0 Å². The van der Waals surface area contributed by atoms with E-state index < -0.39 is 0 Å². The molecular formula is C16H31N3. The molecule has 3 heteroatoms. The molecule has 0 aliphatic carbocycles. The summed E-state index contributed by atoms with van der Waals surface area (Å²) >= 11 is 0. The summed E-state index contributed by atoms with van der Waals surface area (Å²) in [7, 11) is 0. The van der Waals surface area contributed by atoms with Gasteiger partial charge in [-0.25, -0.2) is 0 Å². The minimum absolute atomic E-state index is 0.219. The van der Waals surface area contributed by atoms with Crippen LogP contribution in [0.5, 0.6) is 0 Å². The molecule has 0 unspecified atom stereocenters. The second kappa shape index (κ2) is 6.87. The molecule has 0 bridgehead atoms. The van der Waals surface area contributed by atoms with Gasteiger partial charge < -0.3 is 10.2 Å². The molecule has 0 saturated carbocycles. The van der Waals surface area contributed by atoms with Gasteiger partial charge in [-0.2, -0.15) is 0 Å². The van der Waals surface area contributed by atoms with Crippen LogP contribution in [0.1, 0.15) is 40.0 Å². The first-order valence-electron chi connectivity index (χ1n) is 7.98. The van der Waals surface area contributed by atoms with E-state index >= 15 is 0 Å². The molecule has 0 aromatic rings. The monoisotopic (exact) mass is 265 g/mol. The molecular weight excluding hydrogens is 234 g/mol. The zero-order valence-corrected chi connectivity index (χ0v) is 13.0. The molecule has 2 heterocycles. The third kappa shape index (κ3) is 3.80. The minimum atomic E-state index is 0.219. The molecule has 0 aromatic carbocycles. The van der Waals surface area contributed by atoms with E-state index in [0.29, 0.717) is 0 Å². The highest BCUT2D eigenvalue weighted by molar-refractivity contribution is 5.18. The summed E-state index contributed by atoms with van der Waals surface area (Å²) < 4.78 is 0. The maximum Gasteiger partial charge on any atom is 0.0365 e. The normalized spacial score (nSPS) is 24.1. The van der Waals surface area contributed by atoms with Crippen molar-refractivity contribution < 1.29 is 0 Å². The predicted octanol–water partition coefficient (Wildman–Crippen LogP) is 2.10. The van der Waals surface area contributed by atoms with Crippen LogP contribution < -0.4 is 5.32 Å². The van der Waals surface area contributed by atoms with E-state index in [9.17, 15) is 0 Å². The lowest BCUT2D eigenvalue weighted by molar-refractivity contribution is 0.127. The highest BCUT2D eigenvalue weighted by atomic mass is 15.2. The van der Waals surface area contributed by atoms with Crippen molar-refractivity contribution in [2.24, 2.45) is 0 Å². The van der Waals surface area contributed by atoms with Crippen LogP contribution in [0.15, 0.2) is 11.6 Å². The molecule has 2 fully saturated rings. The first-order valence-corrected chi connectivity index (χ1v) is 7.98. The Morgan fingerprint density at radius 3 is 2.32 bits per heavy atom. The van der Waals surface area contributed by atoms with E-state index in [1.165, 1.54) is 52.0 Å². The average Bonchev–Trinajstić information content (AvgIpc) is 2.93. The Kier molecular flexibility index (Phi) is 5.43. The van der Waals surface area contributed by atoms with Gasteiger partial charge >= 0.3 is 0 Å². The van der Waals surface area contributed by atoms with Gasteiger partial charge in [0.25, 0.3) is 0 Å². The quantitative estimate of drug-likeness (QED) is 0.768. The number of nitrogens with zero attached hydrogens (tertiary/aromatic N) is 2. The predicted molar refractivity (Wildman–Crippen MR) is 82.6 cm³/mol. The van der Waals surface area contributed by atoms with Crippen LogP contribution >= 0.6 is 0 Å². The highest BCUT2D eigenvalue weighted by Gasteiger charge is 2.31. The largest absolute Gasteiger partial charge is 0.314 e. The van der Waals surface area contributed by atoms with Crippen molar-refractivity contribution in [2.75, 3.05) is 45.8 Å². The maximum atomic E-state index is 3.45. The highest BCUT2D eigenvalue weighted by Crippen LogP contribution is 2.27. The number of likely N-dealkylation sites (tertiary alicyclic amines) is 1. The van der Waals surface area contributed by atoms with Crippen molar-refractivity contribution in [3.8, 4) is 0 Å². The number of rotatable bonds is 5.